The first-order valence-electron chi connectivity index (χ1n) is 11.6. The maximum atomic E-state index is 11.8. The highest BCUT2D eigenvalue weighted by atomic mass is 35.5. The highest BCUT2D eigenvalue weighted by molar-refractivity contribution is 7.53. The van der Waals surface area contributed by atoms with Crippen molar-refractivity contribution in [2.45, 2.75) is 49.8 Å². The molecule has 7 N–H and O–H groups in total. The van der Waals surface area contributed by atoms with E-state index in [4.69, 9.17) is 21.1 Å². The van der Waals surface area contributed by atoms with Gasteiger partial charge >= 0.3 is 7.60 Å². The third-order valence-corrected chi connectivity index (χ3v) is 8.12. The molecule has 0 aliphatic carbocycles. The van der Waals surface area contributed by atoms with Gasteiger partial charge < -0.3 is 45.0 Å². The summed E-state index contributed by atoms with van der Waals surface area (Å²) in [5.41, 5.74) is 2.32. The number of rotatable bonds is 10. The molecule has 0 bridgehead atoms. The number of ether oxygens (including phenoxy) is 2. The number of fused-ring (bicyclic) bond motifs is 1. The van der Waals surface area contributed by atoms with E-state index in [-0.39, 0.29) is 17.0 Å². The summed E-state index contributed by atoms with van der Waals surface area (Å²) in [6.07, 6.45) is -4.25. The van der Waals surface area contributed by atoms with E-state index in [0.717, 1.165) is 11.1 Å². The number of benzene rings is 1. The summed E-state index contributed by atoms with van der Waals surface area (Å²) in [4.78, 5) is 27.5. The average molecular weight is 574 g/mol. The van der Waals surface area contributed by atoms with Gasteiger partial charge in [-0.25, -0.2) is 4.68 Å². The van der Waals surface area contributed by atoms with Gasteiger partial charge in [0.2, 0.25) is 10.6 Å². The number of aliphatic hydroxyl groups excluding tert-OH is 4. The Hall–Kier alpha value is -2.23. The van der Waals surface area contributed by atoms with Crippen molar-refractivity contribution in [3.63, 3.8) is 0 Å². The van der Waals surface area contributed by atoms with Gasteiger partial charge in [-0.2, -0.15) is 15.1 Å². The predicted octanol–water partition coefficient (Wildman–Crippen LogP) is 0.456. The van der Waals surface area contributed by atoms with E-state index < -0.39 is 57.3 Å². The fourth-order valence-corrected chi connectivity index (χ4v) is 4.83. The summed E-state index contributed by atoms with van der Waals surface area (Å²) in [6.45, 7) is 0.872. The van der Waals surface area contributed by atoms with Crippen LogP contribution in [0.3, 0.4) is 0 Å². The first kappa shape index (κ1) is 28.8. The van der Waals surface area contributed by atoms with Gasteiger partial charge in [0.1, 0.15) is 24.1 Å². The van der Waals surface area contributed by atoms with E-state index in [1.54, 1.807) is 0 Å². The molecule has 1 aliphatic rings. The Bertz CT molecular complexity index is 1320. The van der Waals surface area contributed by atoms with Gasteiger partial charge in [0.15, 0.2) is 11.9 Å². The van der Waals surface area contributed by atoms with Crippen molar-refractivity contribution in [3.05, 3.63) is 46.9 Å². The molecule has 1 saturated heterocycles. The zero-order chi connectivity index (χ0) is 27.8. The summed E-state index contributed by atoms with van der Waals surface area (Å²) in [6, 6.07) is 7.79. The first-order chi connectivity index (χ1) is 17.9. The maximum Gasteiger partial charge on any atom is 0.361 e. The minimum Gasteiger partial charge on any atom is -0.393 e. The van der Waals surface area contributed by atoms with Gasteiger partial charge in [-0.3, -0.25) is 4.57 Å². The summed E-state index contributed by atoms with van der Waals surface area (Å²) >= 11 is 6.18. The number of aromatic nitrogens is 4. The van der Waals surface area contributed by atoms with Gasteiger partial charge in [-0.05, 0) is 31.0 Å². The number of hydrogen-bond donors (Lipinski definition) is 7. The lowest BCUT2D eigenvalue weighted by Gasteiger charge is -2.31. The molecule has 0 unspecified atom stereocenters. The number of halogens is 1. The molecule has 208 valence electrons. The lowest BCUT2D eigenvalue weighted by molar-refractivity contribution is -0.121. The quantitative estimate of drug-likeness (QED) is 0.130. The molecule has 0 saturated carbocycles. The highest BCUT2D eigenvalue weighted by Gasteiger charge is 2.51. The normalized spacial score (nSPS) is 23.2. The molecule has 0 radical (unpaired) electrons. The molecule has 14 nitrogen and oxygen atoms in total. The zero-order valence-electron chi connectivity index (χ0n) is 20.4. The fraction of sp³-hybridized carbons (Fsp3) is 0.500. The number of hydrogen-bond acceptors (Lipinski definition) is 11. The van der Waals surface area contributed by atoms with Crippen LogP contribution >= 0.6 is 19.2 Å². The molecule has 3 aromatic rings. The minimum atomic E-state index is -5.12. The van der Waals surface area contributed by atoms with Crippen molar-refractivity contribution in [1.29, 1.82) is 0 Å². The van der Waals surface area contributed by atoms with Crippen LogP contribution in [0.5, 0.6) is 0 Å². The molecule has 5 atom stereocenters. The molecule has 0 spiro atoms. The van der Waals surface area contributed by atoms with Crippen LogP contribution in [-0.2, 0) is 14.0 Å². The molecule has 4 rings (SSSR count). The van der Waals surface area contributed by atoms with Crippen LogP contribution in [0, 0.1) is 6.92 Å². The van der Waals surface area contributed by atoms with Crippen LogP contribution < -0.4 is 5.32 Å². The third-order valence-electron chi connectivity index (χ3n) is 6.48. The van der Waals surface area contributed by atoms with E-state index in [9.17, 15) is 34.8 Å². The van der Waals surface area contributed by atoms with Gasteiger partial charge in [0, 0.05) is 6.04 Å². The molecule has 1 aliphatic heterocycles. The van der Waals surface area contributed by atoms with Crippen molar-refractivity contribution in [2.75, 3.05) is 25.1 Å². The van der Waals surface area contributed by atoms with Crippen LogP contribution in [0.1, 0.15) is 30.3 Å². The predicted molar refractivity (Wildman–Crippen MR) is 134 cm³/mol. The Morgan fingerprint density at radius 1 is 1.18 bits per heavy atom. The van der Waals surface area contributed by atoms with Crippen molar-refractivity contribution >= 4 is 36.0 Å². The summed E-state index contributed by atoms with van der Waals surface area (Å²) in [5.74, 6) is 0.379. The van der Waals surface area contributed by atoms with E-state index in [1.807, 2.05) is 38.1 Å². The second-order valence-corrected chi connectivity index (χ2v) is 11.3. The van der Waals surface area contributed by atoms with E-state index in [1.165, 1.54) is 10.9 Å². The Labute approximate surface area is 222 Å². The maximum absolute atomic E-state index is 11.8. The molecular weight excluding hydrogens is 545 g/mol. The average Bonchev–Trinajstić information content (AvgIpc) is 3.40. The molecule has 3 heterocycles. The van der Waals surface area contributed by atoms with Crippen molar-refractivity contribution in [3.8, 4) is 0 Å². The molecule has 16 heteroatoms. The minimum absolute atomic E-state index is 0.108. The number of nitrogens with zero attached hydrogens (tertiary/aromatic N) is 4. The Morgan fingerprint density at radius 2 is 1.84 bits per heavy atom. The van der Waals surface area contributed by atoms with Crippen LogP contribution in [-0.4, -0.2) is 93.4 Å². The lowest BCUT2D eigenvalue weighted by Crippen LogP contribution is -2.44. The standard InChI is InChI=1S/C22H29ClN5O9P/c1-11-3-5-13(6-4-11)12(2)25-18-14-7-24-28(19(14)27-21(23)26-18)20-17(32)16(31)15(37-20)8-36-22(9-29,10-30)38(33,34)35/h3-7,12,15-17,20,29-32H,8-10H2,1-2H3,(H,25,26,27)(H2,33,34,35)/t12-,15-,16-,17-,20-/m1/s1. The first-order valence-corrected chi connectivity index (χ1v) is 13.6. The van der Waals surface area contributed by atoms with Crippen LogP contribution in [0.4, 0.5) is 5.82 Å². The van der Waals surface area contributed by atoms with Crippen molar-refractivity contribution < 1.29 is 44.3 Å². The molecule has 2 aromatic heterocycles. The van der Waals surface area contributed by atoms with Gasteiger partial charge in [-0.1, -0.05) is 29.8 Å². The Balaban J connectivity index is 1.57. The topological polar surface area (TPSA) is 213 Å². The van der Waals surface area contributed by atoms with Gasteiger partial charge in [-0.15, -0.1) is 0 Å². The van der Waals surface area contributed by atoms with Crippen LogP contribution in [0.15, 0.2) is 30.5 Å². The number of nitrogens with one attached hydrogen (secondary N) is 1. The van der Waals surface area contributed by atoms with Crippen molar-refractivity contribution in [2.24, 2.45) is 0 Å². The second-order valence-electron chi connectivity index (χ2n) is 9.11. The van der Waals surface area contributed by atoms with Crippen LogP contribution in [0.2, 0.25) is 5.28 Å². The molecule has 0 amide bonds. The Kier molecular flexibility index (Phi) is 8.40. The van der Waals surface area contributed by atoms with E-state index in [2.05, 4.69) is 20.4 Å². The Morgan fingerprint density at radius 3 is 2.45 bits per heavy atom. The van der Waals surface area contributed by atoms with Crippen LogP contribution in [0.25, 0.3) is 11.0 Å². The zero-order valence-corrected chi connectivity index (χ0v) is 22.1. The lowest BCUT2D eigenvalue weighted by atomic mass is 10.1. The molecule has 38 heavy (non-hydrogen) atoms. The smallest absolute Gasteiger partial charge is 0.361 e. The van der Waals surface area contributed by atoms with E-state index in [0.29, 0.717) is 11.2 Å². The molecular formula is C22H29ClN5O9P. The number of anilines is 1. The third kappa shape index (κ3) is 5.42. The molecule has 1 fully saturated rings. The van der Waals surface area contributed by atoms with Gasteiger partial charge in [0.05, 0.1) is 31.4 Å². The SMILES string of the molecule is Cc1ccc([C@@H](C)Nc2nc(Cl)nc3c2cnn3[C@@H]2O[C@H](COC(CO)(CO)P(=O)(O)O)[C@@H](O)[C@H]2O)cc1. The number of aliphatic hydroxyl groups is 4. The fourth-order valence-electron chi connectivity index (χ4n) is 4.05. The molecule has 1 aromatic carbocycles. The van der Waals surface area contributed by atoms with Crippen molar-refractivity contribution in [1.82, 2.24) is 19.7 Å². The second kappa shape index (κ2) is 11.1. The number of aryl methyl sites for hydroxylation is 1. The van der Waals surface area contributed by atoms with Gasteiger partial charge in [0.25, 0.3) is 0 Å². The summed E-state index contributed by atoms with van der Waals surface area (Å²) in [5, 5.41) is 45.4. The summed E-state index contributed by atoms with van der Waals surface area (Å²) in [7, 11) is -5.12. The monoisotopic (exact) mass is 573 g/mol. The highest BCUT2D eigenvalue weighted by Crippen LogP contribution is 2.51. The largest absolute Gasteiger partial charge is 0.393 e. The van der Waals surface area contributed by atoms with E-state index >= 15 is 0 Å². The summed E-state index contributed by atoms with van der Waals surface area (Å²) < 4.78 is 23.8.